The molecule has 0 unspecified atom stereocenters. The summed E-state index contributed by atoms with van der Waals surface area (Å²) in [6, 6.07) is 15.6. The highest BCUT2D eigenvalue weighted by molar-refractivity contribution is 6.14. The van der Waals surface area contributed by atoms with Gasteiger partial charge in [-0.25, -0.2) is 0 Å². The Morgan fingerprint density at radius 3 is 0.700 bits per heavy atom. The molecule has 0 bridgehead atoms. The third-order valence-corrected chi connectivity index (χ3v) is 4.19. The maximum absolute atomic E-state index is 10.3. The minimum atomic E-state index is -0.211. The highest BCUT2D eigenvalue weighted by atomic mass is 16.5. The first-order valence-electron chi connectivity index (χ1n) is 13.5. The molecule has 0 spiro atoms. The van der Waals surface area contributed by atoms with E-state index in [4.69, 9.17) is 18.9 Å². The Kier molecular flexibility index (Phi) is 12.2. The van der Waals surface area contributed by atoms with Crippen LogP contribution in [0.2, 0.25) is 0 Å². The first-order valence-corrected chi connectivity index (χ1v) is 13.5. The molecule has 1 aliphatic rings. The minimum Gasteiger partial charge on any atom is -0.484 e. The lowest BCUT2D eigenvalue weighted by Crippen LogP contribution is -2.26. The molecule has 220 valence electrons. The second-order valence-corrected chi connectivity index (χ2v) is 13.2. The topological polar surface area (TPSA) is 71.1 Å². The summed E-state index contributed by atoms with van der Waals surface area (Å²) in [5, 5.41) is 0. The van der Waals surface area contributed by atoms with Crippen LogP contribution in [0.3, 0.4) is 0 Å². The zero-order valence-electron chi connectivity index (χ0n) is 26.4. The van der Waals surface area contributed by atoms with Crippen molar-refractivity contribution in [3.05, 3.63) is 72.8 Å². The van der Waals surface area contributed by atoms with Gasteiger partial charge in [-0.3, -0.25) is 9.59 Å². The fourth-order valence-corrected chi connectivity index (χ4v) is 3.00. The molecule has 0 saturated carbocycles. The zero-order chi connectivity index (χ0) is 30.8. The van der Waals surface area contributed by atoms with Crippen LogP contribution < -0.4 is 18.9 Å². The monoisotopic (exact) mass is 552 g/mol. The van der Waals surface area contributed by atoms with Crippen LogP contribution in [0.15, 0.2) is 72.8 Å². The molecule has 0 atom stereocenters. The summed E-state index contributed by atoms with van der Waals surface area (Å²) in [6.45, 7) is 24.3. The lowest BCUT2D eigenvalue weighted by molar-refractivity contribution is -0.113. The second-order valence-electron chi connectivity index (χ2n) is 13.2. The highest BCUT2D eigenvalue weighted by Gasteiger charge is 2.20. The normalized spacial score (nSPS) is 13.4. The van der Waals surface area contributed by atoms with Gasteiger partial charge in [0.15, 0.2) is 34.6 Å². The van der Waals surface area contributed by atoms with Crippen molar-refractivity contribution in [2.75, 3.05) is 0 Å². The largest absolute Gasteiger partial charge is 0.484 e. The summed E-state index contributed by atoms with van der Waals surface area (Å²) >= 11 is 0. The predicted octanol–water partition coefficient (Wildman–Crippen LogP) is 8.33. The molecule has 0 aliphatic heterocycles. The molecule has 6 nitrogen and oxygen atoms in total. The maximum atomic E-state index is 10.3. The summed E-state index contributed by atoms with van der Waals surface area (Å²) < 4.78 is 23.4. The van der Waals surface area contributed by atoms with E-state index in [1.165, 1.54) is 24.3 Å². The summed E-state index contributed by atoms with van der Waals surface area (Å²) in [5.74, 6) is 2.94. The average molecular weight is 553 g/mol. The molecular weight excluding hydrogens is 504 g/mol. The lowest BCUT2D eigenvalue weighted by atomic mass is 10.1. The van der Waals surface area contributed by atoms with Crippen molar-refractivity contribution >= 4 is 11.6 Å². The van der Waals surface area contributed by atoms with Gasteiger partial charge in [0.1, 0.15) is 22.4 Å². The standard InChI is InChI=1S/2C14H22O2.C6H4O2/c2*1-13(2,3)15-11-9-7-8-10-12(11)16-14(4,5)6;7-5-1-2-6(8)4-3-5/h2*7-10H,1-6H3;1-4H. The van der Waals surface area contributed by atoms with Crippen LogP contribution in [0.4, 0.5) is 0 Å². The van der Waals surface area contributed by atoms with Crippen molar-refractivity contribution in [3.63, 3.8) is 0 Å². The summed E-state index contributed by atoms with van der Waals surface area (Å²) in [4.78, 5) is 20.6. The molecule has 1 aliphatic carbocycles. The number of hydrogen-bond donors (Lipinski definition) is 0. The molecule has 0 N–H and O–H groups in total. The van der Waals surface area contributed by atoms with Crippen LogP contribution >= 0.6 is 0 Å². The summed E-state index contributed by atoms with van der Waals surface area (Å²) in [6.07, 6.45) is 5.01. The van der Waals surface area contributed by atoms with E-state index in [1.54, 1.807) is 0 Å². The van der Waals surface area contributed by atoms with Crippen LogP contribution in [0.25, 0.3) is 0 Å². The van der Waals surface area contributed by atoms with Gasteiger partial charge < -0.3 is 18.9 Å². The number of benzene rings is 2. The van der Waals surface area contributed by atoms with Gasteiger partial charge in [-0.2, -0.15) is 0 Å². The van der Waals surface area contributed by atoms with Crippen LogP contribution in [-0.4, -0.2) is 34.0 Å². The van der Waals surface area contributed by atoms with E-state index >= 15 is 0 Å². The van der Waals surface area contributed by atoms with Crippen molar-refractivity contribution in [3.8, 4) is 23.0 Å². The maximum Gasteiger partial charge on any atom is 0.178 e. The number of para-hydroxylation sites is 4. The fraction of sp³-hybridized carbons (Fsp3) is 0.471. The van der Waals surface area contributed by atoms with Crippen LogP contribution in [0.1, 0.15) is 83.1 Å². The van der Waals surface area contributed by atoms with E-state index in [0.717, 1.165) is 23.0 Å². The van der Waals surface area contributed by atoms with Gasteiger partial charge in [0.2, 0.25) is 0 Å². The molecule has 6 heteroatoms. The van der Waals surface area contributed by atoms with E-state index in [-0.39, 0.29) is 34.0 Å². The van der Waals surface area contributed by atoms with Gasteiger partial charge in [0.25, 0.3) is 0 Å². The predicted molar refractivity (Wildman–Crippen MR) is 163 cm³/mol. The van der Waals surface area contributed by atoms with Crippen molar-refractivity contribution in [1.29, 1.82) is 0 Å². The molecule has 3 rings (SSSR count). The Labute approximate surface area is 241 Å². The molecule has 0 amide bonds. The second kappa shape index (κ2) is 14.2. The fourth-order valence-electron chi connectivity index (χ4n) is 3.00. The zero-order valence-corrected chi connectivity index (χ0v) is 26.4. The van der Waals surface area contributed by atoms with E-state index in [1.807, 2.05) is 132 Å². The van der Waals surface area contributed by atoms with Crippen molar-refractivity contribution in [1.82, 2.24) is 0 Å². The summed E-state index contributed by atoms with van der Waals surface area (Å²) in [7, 11) is 0. The van der Waals surface area contributed by atoms with Crippen molar-refractivity contribution in [2.24, 2.45) is 0 Å². The van der Waals surface area contributed by atoms with Gasteiger partial charge in [-0.05, 0) is 132 Å². The Morgan fingerprint density at radius 1 is 0.375 bits per heavy atom. The van der Waals surface area contributed by atoms with E-state index < -0.39 is 0 Å². The molecule has 0 aromatic heterocycles. The molecule has 0 radical (unpaired) electrons. The highest BCUT2D eigenvalue weighted by Crippen LogP contribution is 2.33. The van der Waals surface area contributed by atoms with E-state index in [9.17, 15) is 9.59 Å². The van der Waals surface area contributed by atoms with Crippen LogP contribution in [0.5, 0.6) is 23.0 Å². The molecular formula is C34H48O6. The summed E-state index contributed by atoms with van der Waals surface area (Å²) in [5.41, 5.74) is -0.844. The smallest absolute Gasteiger partial charge is 0.178 e. The lowest BCUT2D eigenvalue weighted by Gasteiger charge is -2.27. The number of allylic oxidation sites excluding steroid dienone is 4. The Balaban J connectivity index is 0.000000317. The van der Waals surface area contributed by atoms with Gasteiger partial charge in [-0.1, -0.05) is 24.3 Å². The first-order chi connectivity index (χ1) is 18.1. The molecule has 0 heterocycles. The van der Waals surface area contributed by atoms with Crippen LogP contribution in [0, 0.1) is 0 Å². The van der Waals surface area contributed by atoms with Gasteiger partial charge in [0.05, 0.1) is 0 Å². The number of carbonyl (C=O) groups is 2. The Hall–Kier alpha value is -3.54. The minimum absolute atomic E-state index is 0.121. The third-order valence-electron chi connectivity index (χ3n) is 4.19. The number of rotatable bonds is 4. The van der Waals surface area contributed by atoms with Crippen molar-refractivity contribution in [2.45, 2.75) is 105 Å². The number of ether oxygens (including phenoxy) is 4. The third kappa shape index (κ3) is 16.4. The quantitative estimate of drug-likeness (QED) is 0.355. The number of carbonyl (C=O) groups excluding carboxylic acids is 2. The Bertz CT molecular complexity index is 983. The van der Waals surface area contributed by atoms with E-state index in [0.29, 0.717) is 0 Å². The Morgan fingerprint density at radius 2 is 0.550 bits per heavy atom. The molecule has 40 heavy (non-hydrogen) atoms. The molecule has 0 fully saturated rings. The number of ketones is 2. The molecule has 2 aromatic carbocycles. The molecule has 0 saturated heterocycles. The first kappa shape index (κ1) is 34.5. The van der Waals surface area contributed by atoms with Gasteiger partial charge >= 0.3 is 0 Å². The van der Waals surface area contributed by atoms with Crippen molar-refractivity contribution < 1.29 is 28.5 Å². The SMILES string of the molecule is CC(C)(C)Oc1ccccc1OC(C)(C)C.CC(C)(C)Oc1ccccc1OC(C)(C)C.O=C1C=CC(=O)C=C1. The number of hydrogen-bond acceptors (Lipinski definition) is 6. The van der Waals surface area contributed by atoms with Gasteiger partial charge in [-0.15, -0.1) is 0 Å². The molecule has 2 aromatic rings. The van der Waals surface area contributed by atoms with Crippen LogP contribution in [-0.2, 0) is 9.59 Å². The van der Waals surface area contributed by atoms with Gasteiger partial charge in [0, 0.05) is 0 Å². The van der Waals surface area contributed by atoms with E-state index in [2.05, 4.69) is 0 Å². The average Bonchev–Trinajstić information content (AvgIpc) is 2.76.